The van der Waals surface area contributed by atoms with Crippen molar-refractivity contribution in [2.24, 2.45) is 0 Å². The van der Waals surface area contributed by atoms with Crippen LogP contribution in [0.3, 0.4) is 0 Å². The Balaban J connectivity index is 1.38. The van der Waals surface area contributed by atoms with Crippen molar-refractivity contribution in [1.29, 1.82) is 0 Å². The highest BCUT2D eigenvalue weighted by Crippen LogP contribution is 2.34. The van der Waals surface area contributed by atoms with Crippen molar-refractivity contribution in [3.05, 3.63) is 94.5 Å². The third-order valence-electron chi connectivity index (χ3n) is 5.31. The maximum Gasteiger partial charge on any atom is 0.339 e. The molecule has 1 heterocycles. The van der Waals surface area contributed by atoms with Gasteiger partial charge in [-0.25, -0.2) is 4.79 Å². The summed E-state index contributed by atoms with van der Waals surface area (Å²) in [5, 5.41) is 2.78. The average molecular weight is 445 g/mol. The predicted octanol–water partition coefficient (Wildman–Crippen LogP) is 3.99. The molecule has 168 valence electrons. The Morgan fingerprint density at radius 1 is 0.939 bits per heavy atom. The number of rotatable bonds is 7. The lowest BCUT2D eigenvalue weighted by atomic mass is 9.98. The van der Waals surface area contributed by atoms with E-state index in [1.54, 1.807) is 42.5 Å². The van der Waals surface area contributed by atoms with Gasteiger partial charge in [-0.3, -0.25) is 9.59 Å². The van der Waals surface area contributed by atoms with Crippen LogP contribution in [-0.2, 0) is 9.53 Å². The lowest BCUT2D eigenvalue weighted by Gasteiger charge is -2.15. The molecule has 7 heteroatoms. The number of ketones is 1. The van der Waals surface area contributed by atoms with E-state index in [0.29, 0.717) is 17.1 Å². The Bertz CT molecular complexity index is 1200. The van der Waals surface area contributed by atoms with Crippen LogP contribution in [0.1, 0.15) is 50.4 Å². The van der Waals surface area contributed by atoms with Crippen molar-refractivity contribution in [3.8, 4) is 11.5 Å². The number of aryl methyl sites for hydroxylation is 1. The summed E-state index contributed by atoms with van der Waals surface area (Å²) >= 11 is 0. The molecule has 1 atom stereocenters. The summed E-state index contributed by atoms with van der Waals surface area (Å²) in [6, 6.07) is 18.6. The van der Waals surface area contributed by atoms with E-state index in [-0.39, 0.29) is 29.7 Å². The summed E-state index contributed by atoms with van der Waals surface area (Å²) in [5.41, 5.74) is 2.66. The van der Waals surface area contributed by atoms with E-state index >= 15 is 0 Å². The highest BCUT2D eigenvalue weighted by molar-refractivity contribution is 6.14. The third-order valence-corrected chi connectivity index (χ3v) is 5.31. The van der Waals surface area contributed by atoms with Gasteiger partial charge in [-0.2, -0.15) is 0 Å². The van der Waals surface area contributed by atoms with E-state index in [0.717, 1.165) is 11.1 Å². The molecule has 1 unspecified atom stereocenters. The largest absolute Gasteiger partial charge is 0.454 e. The molecule has 1 aliphatic rings. The zero-order chi connectivity index (χ0) is 23.4. The van der Waals surface area contributed by atoms with E-state index in [4.69, 9.17) is 14.2 Å². The smallest absolute Gasteiger partial charge is 0.339 e. The van der Waals surface area contributed by atoms with Gasteiger partial charge in [-0.1, -0.05) is 54.1 Å². The fraction of sp³-hybridized carbons (Fsp3) is 0.192. The number of benzene rings is 3. The van der Waals surface area contributed by atoms with Crippen molar-refractivity contribution in [2.75, 3.05) is 13.4 Å². The number of carbonyl (C=O) groups is 3. The van der Waals surface area contributed by atoms with Crippen molar-refractivity contribution < 1.29 is 28.6 Å². The van der Waals surface area contributed by atoms with E-state index in [1.807, 2.05) is 32.0 Å². The Labute approximate surface area is 191 Å². The van der Waals surface area contributed by atoms with Crippen LogP contribution in [0.4, 0.5) is 0 Å². The van der Waals surface area contributed by atoms with Crippen LogP contribution in [0.25, 0.3) is 0 Å². The number of nitrogens with one attached hydrogen (secondary N) is 1. The fourth-order valence-electron chi connectivity index (χ4n) is 3.48. The van der Waals surface area contributed by atoms with E-state index in [9.17, 15) is 14.4 Å². The van der Waals surface area contributed by atoms with Crippen LogP contribution in [0, 0.1) is 6.92 Å². The first kappa shape index (κ1) is 22.1. The number of ether oxygens (including phenoxy) is 3. The van der Waals surface area contributed by atoms with Gasteiger partial charge in [-0.15, -0.1) is 0 Å². The number of carbonyl (C=O) groups excluding carboxylic acids is 3. The van der Waals surface area contributed by atoms with E-state index in [2.05, 4.69) is 5.32 Å². The maximum absolute atomic E-state index is 12.9. The van der Waals surface area contributed by atoms with Crippen LogP contribution in [0.5, 0.6) is 11.5 Å². The molecule has 0 aromatic heterocycles. The number of hydrogen-bond donors (Lipinski definition) is 1. The topological polar surface area (TPSA) is 90.9 Å². The van der Waals surface area contributed by atoms with Gasteiger partial charge in [0.1, 0.15) is 0 Å². The molecule has 7 nitrogen and oxygen atoms in total. The second-order valence-electron chi connectivity index (χ2n) is 7.72. The minimum Gasteiger partial charge on any atom is -0.454 e. The lowest BCUT2D eigenvalue weighted by molar-refractivity contribution is -0.124. The minimum atomic E-state index is -0.739. The number of esters is 1. The van der Waals surface area contributed by atoms with Crippen LogP contribution in [-0.4, -0.2) is 31.1 Å². The van der Waals surface area contributed by atoms with Crippen LogP contribution >= 0.6 is 0 Å². The van der Waals surface area contributed by atoms with Crippen molar-refractivity contribution in [2.45, 2.75) is 19.9 Å². The highest BCUT2D eigenvalue weighted by atomic mass is 16.7. The zero-order valence-corrected chi connectivity index (χ0v) is 18.3. The Hall–Kier alpha value is -4.13. The molecule has 0 saturated heterocycles. The van der Waals surface area contributed by atoms with Gasteiger partial charge < -0.3 is 19.5 Å². The molecule has 0 saturated carbocycles. The molecule has 0 spiro atoms. The second-order valence-corrected chi connectivity index (χ2v) is 7.72. The van der Waals surface area contributed by atoms with E-state index < -0.39 is 18.5 Å². The number of fused-ring (bicyclic) bond motifs is 1. The van der Waals surface area contributed by atoms with Gasteiger partial charge in [0, 0.05) is 11.1 Å². The number of hydrogen-bond acceptors (Lipinski definition) is 6. The molecule has 4 rings (SSSR count). The van der Waals surface area contributed by atoms with Crippen molar-refractivity contribution in [3.63, 3.8) is 0 Å². The molecule has 1 amide bonds. The molecule has 0 radical (unpaired) electrons. The quantitative estimate of drug-likeness (QED) is 0.437. The highest BCUT2D eigenvalue weighted by Gasteiger charge is 2.21. The molecule has 3 aromatic carbocycles. The zero-order valence-electron chi connectivity index (χ0n) is 18.3. The lowest BCUT2D eigenvalue weighted by Crippen LogP contribution is -2.31. The van der Waals surface area contributed by atoms with Gasteiger partial charge in [0.2, 0.25) is 6.79 Å². The summed E-state index contributed by atoms with van der Waals surface area (Å²) in [6.07, 6.45) is 0. The molecule has 0 bridgehead atoms. The van der Waals surface area contributed by atoms with Gasteiger partial charge in [0.05, 0.1) is 11.6 Å². The molecule has 0 fully saturated rings. The molecular formula is C26H23NO6. The van der Waals surface area contributed by atoms with Crippen LogP contribution < -0.4 is 14.8 Å². The van der Waals surface area contributed by atoms with Crippen molar-refractivity contribution in [1.82, 2.24) is 5.32 Å². The van der Waals surface area contributed by atoms with E-state index in [1.165, 1.54) is 6.07 Å². The first-order chi connectivity index (χ1) is 15.9. The molecule has 0 aliphatic carbocycles. The average Bonchev–Trinajstić information content (AvgIpc) is 3.30. The first-order valence-electron chi connectivity index (χ1n) is 10.5. The predicted molar refractivity (Wildman–Crippen MR) is 120 cm³/mol. The summed E-state index contributed by atoms with van der Waals surface area (Å²) in [4.78, 5) is 37.9. The molecule has 33 heavy (non-hydrogen) atoms. The standard InChI is InChI=1S/C26H23NO6/c1-16-7-9-18(10-8-16)25(29)20-5-3-4-6-21(20)26(30)31-14-24(28)27-17(2)19-11-12-22-23(13-19)33-15-32-22/h3-13,17H,14-15H2,1-2H3,(H,27,28). The summed E-state index contributed by atoms with van der Waals surface area (Å²) < 4.78 is 15.8. The van der Waals surface area contributed by atoms with Gasteiger partial charge >= 0.3 is 5.97 Å². The van der Waals surface area contributed by atoms with Crippen LogP contribution in [0.2, 0.25) is 0 Å². The van der Waals surface area contributed by atoms with Crippen LogP contribution in [0.15, 0.2) is 66.7 Å². The number of amides is 1. The molecule has 3 aromatic rings. The fourth-order valence-corrected chi connectivity index (χ4v) is 3.48. The van der Waals surface area contributed by atoms with Crippen molar-refractivity contribution >= 4 is 17.7 Å². The molecule has 1 N–H and O–H groups in total. The monoisotopic (exact) mass is 445 g/mol. The molecule has 1 aliphatic heterocycles. The van der Waals surface area contributed by atoms with Gasteiger partial charge in [0.15, 0.2) is 23.9 Å². The summed E-state index contributed by atoms with van der Waals surface area (Å²) in [7, 11) is 0. The second kappa shape index (κ2) is 9.56. The normalized spacial score (nSPS) is 12.7. The maximum atomic E-state index is 12.9. The summed E-state index contributed by atoms with van der Waals surface area (Å²) in [6.45, 7) is 3.44. The van der Waals surface area contributed by atoms with Gasteiger partial charge in [-0.05, 0) is 37.6 Å². The Morgan fingerprint density at radius 2 is 1.64 bits per heavy atom. The third kappa shape index (κ3) is 5.03. The Morgan fingerprint density at radius 3 is 2.39 bits per heavy atom. The Kier molecular flexibility index (Phi) is 6.40. The SMILES string of the molecule is Cc1ccc(C(=O)c2ccccc2C(=O)OCC(=O)NC(C)c2ccc3c(c2)OCO3)cc1. The summed E-state index contributed by atoms with van der Waals surface area (Å²) in [5.74, 6) is -0.212. The first-order valence-corrected chi connectivity index (χ1v) is 10.5. The van der Waals surface area contributed by atoms with Gasteiger partial charge in [0.25, 0.3) is 5.91 Å². The minimum absolute atomic E-state index is 0.111. The molecular weight excluding hydrogens is 422 g/mol.